The standard InChI is InChI=1S/C29H33N5.C9H13N.Pt/c1-16(2)14-21-24(17(3)4)28(34-31-21)27-20-13-9-11-18-10-8-12-19(25(18)20)26(30-27)22-15-23(33-32-22)29(5,6)7;1-9(2,3)8-4-6-10-7-5-8;/h8-10,12-13,15-17H,11,14H2,1-7H3;4-7H,1-3H3;/q-2;;+2. The van der Waals surface area contributed by atoms with Gasteiger partial charge in [-0.1, -0.05) is 117 Å². The summed E-state index contributed by atoms with van der Waals surface area (Å²) in [5.41, 5.74) is 10.7. The molecule has 5 aromatic rings. The Labute approximate surface area is 283 Å². The molecule has 1 aromatic carbocycles. The van der Waals surface area contributed by atoms with Gasteiger partial charge in [0.15, 0.2) is 0 Å². The first-order valence-electron chi connectivity index (χ1n) is 15.8. The number of hydrogen-bond acceptors (Lipinski definition) is 4. The second-order valence-electron chi connectivity index (χ2n) is 14.7. The van der Waals surface area contributed by atoms with E-state index in [4.69, 9.17) is 10.1 Å². The summed E-state index contributed by atoms with van der Waals surface area (Å²) in [7, 11) is 0. The maximum absolute atomic E-state index is 5.26. The van der Waals surface area contributed by atoms with Crippen LogP contribution in [0.4, 0.5) is 0 Å². The molecule has 0 fully saturated rings. The fourth-order valence-corrected chi connectivity index (χ4v) is 5.78. The molecule has 0 spiro atoms. The molecule has 7 heteroatoms. The summed E-state index contributed by atoms with van der Waals surface area (Å²) in [6.45, 7) is 22.0. The van der Waals surface area contributed by atoms with Gasteiger partial charge in [0.25, 0.3) is 0 Å². The number of nitrogens with zero attached hydrogens (tertiary/aromatic N) is 6. The first-order valence-corrected chi connectivity index (χ1v) is 15.8. The Kier molecular flexibility index (Phi) is 10.4. The Morgan fingerprint density at radius 2 is 1.56 bits per heavy atom. The summed E-state index contributed by atoms with van der Waals surface area (Å²) in [6.07, 6.45) is 9.93. The van der Waals surface area contributed by atoms with Crippen molar-refractivity contribution in [1.82, 2.24) is 30.4 Å². The van der Waals surface area contributed by atoms with Crippen molar-refractivity contribution in [3.8, 4) is 22.8 Å². The molecule has 1 aliphatic carbocycles. The average Bonchev–Trinajstić information content (AvgIpc) is 3.62. The molecular weight excluding hydrogens is 736 g/mol. The van der Waals surface area contributed by atoms with Crippen LogP contribution in [-0.4, -0.2) is 20.2 Å². The average molecular weight is 782 g/mol. The fraction of sp³-hybridized carbons (Fsp3) is 0.421. The molecular formula is C38H46N6Pt. The summed E-state index contributed by atoms with van der Waals surface area (Å²) < 4.78 is 0. The maximum Gasteiger partial charge on any atom is 2.00 e. The minimum Gasteiger partial charge on any atom is -0.573 e. The Hall–Kier alpha value is -3.37. The van der Waals surface area contributed by atoms with Gasteiger partial charge in [-0.2, -0.15) is 0 Å². The van der Waals surface area contributed by atoms with Crippen LogP contribution in [0.5, 0.6) is 0 Å². The number of rotatable bonds is 5. The molecule has 0 saturated carbocycles. The molecule has 45 heavy (non-hydrogen) atoms. The minimum absolute atomic E-state index is 0. The minimum atomic E-state index is -0.0725. The van der Waals surface area contributed by atoms with Crippen LogP contribution in [0.25, 0.3) is 39.6 Å². The molecule has 0 aliphatic heterocycles. The molecule has 4 heterocycles. The van der Waals surface area contributed by atoms with Crippen molar-refractivity contribution in [3.05, 3.63) is 88.5 Å². The number of allylic oxidation sites excluding steroid dienone is 1. The zero-order valence-corrected chi connectivity index (χ0v) is 30.6. The van der Waals surface area contributed by atoms with Gasteiger partial charge in [0.1, 0.15) is 0 Å². The fourth-order valence-electron chi connectivity index (χ4n) is 5.78. The van der Waals surface area contributed by atoms with Crippen molar-refractivity contribution in [1.29, 1.82) is 0 Å². The van der Waals surface area contributed by atoms with Gasteiger partial charge in [0.2, 0.25) is 0 Å². The molecule has 6 nitrogen and oxygen atoms in total. The zero-order chi connectivity index (χ0) is 31.8. The molecule has 0 radical (unpaired) electrons. The summed E-state index contributed by atoms with van der Waals surface area (Å²) in [6, 6.07) is 12.7. The molecule has 4 aromatic heterocycles. The smallest absolute Gasteiger partial charge is 0.573 e. The number of hydrogen-bond donors (Lipinski definition) is 0. The topological polar surface area (TPSA) is 79.8 Å². The van der Waals surface area contributed by atoms with Crippen LogP contribution in [0.1, 0.15) is 109 Å². The van der Waals surface area contributed by atoms with Crippen LogP contribution in [0.2, 0.25) is 0 Å². The molecule has 0 atom stereocenters. The van der Waals surface area contributed by atoms with E-state index in [1.165, 1.54) is 22.1 Å². The van der Waals surface area contributed by atoms with E-state index in [1.54, 1.807) is 0 Å². The predicted molar refractivity (Wildman–Crippen MR) is 182 cm³/mol. The summed E-state index contributed by atoms with van der Waals surface area (Å²) in [5, 5.41) is 20.8. The Bertz CT molecular complexity index is 1780. The molecule has 238 valence electrons. The number of benzene rings is 1. The monoisotopic (exact) mass is 781 g/mol. The van der Waals surface area contributed by atoms with E-state index in [9.17, 15) is 0 Å². The van der Waals surface area contributed by atoms with Crippen LogP contribution >= 0.6 is 0 Å². The second kappa shape index (κ2) is 13.5. The van der Waals surface area contributed by atoms with Crippen molar-refractivity contribution >= 4 is 16.8 Å². The second-order valence-corrected chi connectivity index (χ2v) is 14.7. The Morgan fingerprint density at radius 3 is 2.13 bits per heavy atom. The van der Waals surface area contributed by atoms with Crippen molar-refractivity contribution in [2.45, 2.75) is 98.8 Å². The van der Waals surface area contributed by atoms with Crippen LogP contribution in [0.3, 0.4) is 0 Å². The van der Waals surface area contributed by atoms with E-state index < -0.39 is 0 Å². The van der Waals surface area contributed by atoms with Gasteiger partial charge >= 0.3 is 21.1 Å². The van der Waals surface area contributed by atoms with E-state index in [0.717, 1.165) is 58.0 Å². The third-order valence-electron chi connectivity index (χ3n) is 8.11. The number of pyridine rings is 2. The van der Waals surface area contributed by atoms with E-state index in [0.29, 0.717) is 11.8 Å². The third kappa shape index (κ3) is 7.38. The van der Waals surface area contributed by atoms with Crippen molar-refractivity contribution < 1.29 is 21.1 Å². The molecule has 6 rings (SSSR count). The molecule has 0 bridgehead atoms. The van der Waals surface area contributed by atoms with E-state index >= 15 is 0 Å². The van der Waals surface area contributed by atoms with Gasteiger partial charge in [-0.25, -0.2) is 0 Å². The van der Waals surface area contributed by atoms with Crippen molar-refractivity contribution in [3.63, 3.8) is 0 Å². The third-order valence-corrected chi connectivity index (χ3v) is 8.11. The first-order chi connectivity index (χ1) is 20.8. The molecule has 1 aliphatic rings. The van der Waals surface area contributed by atoms with E-state index in [2.05, 4.69) is 138 Å². The van der Waals surface area contributed by atoms with Crippen molar-refractivity contribution in [2.75, 3.05) is 0 Å². The molecule has 0 saturated heterocycles. The van der Waals surface area contributed by atoms with Gasteiger partial charge in [0, 0.05) is 40.1 Å². The van der Waals surface area contributed by atoms with Gasteiger partial charge in [-0.15, -0.1) is 0 Å². The SMILES string of the molecule is CC(C)(C)c1ccncc1.CC(C)Cc1n[n-]c(-c2nc(-c3cc(C(C)(C)C)n[n-]3)c3cccc4c3c2C=CC4)c1C(C)C.[Pt+2]. The van der Waals surface area contributed by atoms with Crippen LogP contribution < -0.4 is 10.2 Å². The van der Waals surface area contributed by atoms with Gasteiger partial charge < -0.3 is 20.4 Å². The van der Waals surface area contributed by atoms with Crippen LogP contribution in [-0.2, 0) is 44.7 Å². The van der Waals surface area contributed by atoms with Crippen LogP contribution in [0, 0.1) is 5.92 Å². The summed E-state index contributed by atoms with van der Waals surface area (Å²) >= 11 is 0. The molecule has 0 amide bonds. The van der Waals surface area contributed by atoms with Gasteiger partial charge in [-0.05, 0) is 64.3 Å². The predicted octanol–water partition coefficient (Wildman–Crippen LogP) is 8.84. The Balaban J connectivity index is 0.000000359. The normalized spacial score (nSPS) is 12.8. The summed E-state index contributed by atoms with van der Waals surface area (Å²) in [5.74, 6) is 0.823. The first kappa shape index (κ1) is 34.5. The maximum atomic E-state index is 5.26. The number of aromatic nitrogens is 6. The van der Waals surface area contributed by atoms with E-state index in [-0.39, 0.29) is 31.9 Å². The quantitative estimate of drug-likeness (QED) is 0.177. The zero-order valence-electron chi connectivity index (χ0n) is 28.3. The van der Waals surface area contributed by atoms with Gasteiger partial charge in [-0.3, -0.25) is 9.97 Å². The van der Waals surface area contributed by atoms with Crippen molar-refractivity contribution in [2.24, 2.45) is 5.92 Å². The largest absolute Gasteiger partial charge is 2.00 e. The molecule has 0 unspecified atom stereocenters. The van der Waals surface area contributed by atoms with Crippen LogP contribution in [0.15, 0.2) is 54.9 Å². The molecule has 0 N–H and O–H groups in total. The Morgan fingerprint density at radius 1 is 0.844 bits per heavy atom. The van der Waals surface area contributed by atoms with E-state index in [1.807, 2.05) is 12.4 Å². The van der Waals surface area contributed by atoms with Gasteiger partial charge in [0.05, 0.1) is 11.4 Å². The summed E-state index contributed by atoms with van der Waals surface area (Å²) in [4.78, 5) is 9.22.